The predicted molar refractivity (Wildman–Crippen MR) is 109 cm³/mol. The van der Waals surface area contributed by atoms with Gasteiger partial charge in [-0.2, -0.15) is 0 Å². The Kier molecular flexibility index (Phi) is 7.63. The van der Waals surface area contributed by atoms with Gasteiger partial charge in [0.05, 0.1) is 6.16 Å². The normalized spacial score (nSPS) is 14.2. The van der Waals surface area contributed by atoms with Gasteiger partial charge in [-0.25, -0.2) is 0 Å². The lowest BCUT2D eigenvalue weighted by Gasteiger charge is -2.24. The summed E-state index contributed by atoms with van der Waals surface area (Å²) in [6, 6.07) is 13.5. The molecule has 0 spiro atoms. The van der Waals surface area contributed by atoms with Crippen molar-refractivity contribution in [1.82, 2.24) is 0 Å². The van der Waals surface area contributed by atoms with E-state index in [9.17, 15) is 4.57 Å². The highest BCUT2D eigenvalue weighted by atomic mass is 35.5. The molecule has 0 aliphatic rings. The minimum atomic E-state index is -4.12. The first-order chi connectivity index (χ1) is 12.0. The molecule has 0 amide bonds. The van der Waals surface area contributed by atoms with Gasteiger partial charge in [-0.05, 0) is 62.1 Å². The molecule has 0 saturated heterocycles. The zero-order chi connectivity index (χ0) is 19.4. The van der Waals surface area contributed by atoms with Crippen molar-refractivity contribution < 1.29 is 14.4 Å². The van der Waals surface area contributed by atoms with Gasteiger partial charge < -0.3 is 15.5 Å². The van der Waals surface area contributed by atoms with Gasteiger partial charge in [0.2, 0.25) is 0 Å². The summed E-state index contributed by atoms with van der Waals surface area (Å²) in [7, 11) is -4.12. The second-order valence-electron chi connectivity index (χ2n) is 6.64. The first-order valence-corrected chi connectivity index (χ1v) is 11.5. The van der Waals surface area contributed by atoms with Crippen molar-refractivity contribution in [3.8, 4) is 0 Å². The number of hydrogen-bond acceptors (Lipinski definition) is 3. The molecule has 2 aromatic rings. The Balaban J connectivity index is 1.94. The summed E-state index contributed by atoms with van der Waals surface area (Å²) in [4.78, 5) is 20.2. The van der Waals surface area contributed by atoms with Gasteiger partial charge in [-0.3, -0.25) is 4.57 Å². The van der Waals surface area contributed by atoms with Crippen molar-refractivity contribution in [1.29, 1.82) is 0 Å². The molecular formula is C18H22Cl2NO3PS. The summed E-state index contributed by atoms with van der Waals surface area (Å²) in [5.74, 6) is 0. The van der Waals surface area contributed by atoms with E-state index in [2.05, 4.69) is 0 Å². The molecule has 0 radical (unpaired) electrons. The third kappa shape index (κ3) is 7.61. The summed E-state index contributed by atoms with van der Waals surface area (Å²) >= 11 is 14.0. The van der Waals surface area contributed by atoms with Crippen LogP contribution >= 0.6 is 42.6 Å². The van der Waals surface area contributed by atoms with Gasteiger partial charge in [0.1, 0.15) is 0 Å². The van der Waals surface area contributed by atoms with E-state index in [1.807, 2.05) is 42.5 Å². The fourth-order valence-corrected chi connectivity index (χ4v) is 5.30. The minimum Gasteiger partial charge on any atom is -0.325 e. The molecule has 0 heterocycles. The summed E-state index contributed by atoms with van der Waals surface area (Å²) in [5, 5.41) is 1.36. The van der Waals surface area contributed by atoms with E-state index in [0.29, 0.717) is 29.3 Å². The van der Waals surface area contributed by atoms with E-state index in [-0.39, 0.29) is 6.16 Å². The lowest BCUT2D eigenvalue weighted by molar-refractivity contribution is 0.348. The maximum absolute atomic E-state index is 11.1. The fourth-order valence-electron chi connectivity index (χ4n) is 2.69. The van der Waals surface area contributed by atoms with Crippen molar-refractivity contribution in [3.05, 3.63) is 58.1 Å². The predicted octanol–water partition coefficient (Wildman–Crippen LogP) is 5.36. The van der Waals surface area contributed by atoms with Gasteiger partial charge in [-0.15, -0.1) is 0 Å². The Morgan fingerprint density at radius 1 is 1.15 bits per heavy atom. The van der Waals surface area contributed by atoms with Crippen molar-refractivity contribution in [2.45, 2.75) is 41.5 Å². The Morgan fingerprint density at radius 2 is 1.85 bits per heavy atom. The SMILES string of the molecule is CC(N)(CCCc1ccc(Sc2cccc(Cl)c2)cc1Cl)CP(=O)(O)O. The lowest BCUT2D eigenvalue weighted by atomic mass is 9.96. The highest BCUT2D eigenvalue weighted by molar-refractivity contribution is 7.99. The van der Waals surface area contributed by atoms with Crippen LogP contribution in [0.15, 0.2) is 52.3 Å². The lowest BCUT2D eigenvalue weighted by Crippen LogP contribution is -2.40. The number of aryl methyl sites for hydroxylation is 1. The number of benzene rings is 2. The Morgan fingerprint density at radius 3 is 2.46 bits per heavy atom. The van der Waals surface area contributed by atoms with Crippen LogP contribution in [0.25, 0.3) is 0 Å². The number of nitrogens with two attached hydrogens (primary N) is 1. The van der Waals surface area contributed by atoms with E-state index in [4.69, 9.17) is 38.7 Å². The molecule has 1 unspecified atom stereocenters. The first-order valence-electron chi connectivity index (χ1n) is 8.09. The van der Waals surface area contributed by atoms with Gasteiger partial charge in [0.25, 0.3) is 0 Å². The second kappa shape index (κ2) is 9.11. The highest BCUT2D eigenvalue weighted by Crippen LogP contribution is 2.39. The average molecular weight is 434 g/mol. The molecule has 1 atom stereocenters. The second-order valence-corrected chi connectivity index (χ2v) is 10.3. The van der Waals surface area contributed by atoms with Gasteiger partial charge in [0.15, 0.2) is 0 Å². The van der Waals surface area contributed by atoms with Crippen LogP contribution < -0.4 is 5.73 Å². The van der Waals surface area contributed by atoms with Crippen LogP contribution in [0.5, 0.6) is 0 Å². The molecule has 2 aromatic carbocycles. The average Bonchev–Trinajstić information content (AvgIpc) is 2.47. The van der Waals surface area contributed by atoms with E-state index >= 15 is 0 Å². The highest BCUT2D eigenvalue weighted by Gasteiger charge is 2.28. The van der Waals surface area contributed by atoms with Crippen molar-refractivity contribution >= 4 is 42.6 Å². The standard InChI is InChI=1S/C18H22Cl2NO3PS/c1-18(21,12-25(22,23)24)9-3-4-13-7-8-16(11-17(13)20)26-15-6-2-5-14(19)10-15/h2,5-8,10-11H,3-4,9,12,21H2,1H3,(H2,22,23,24). The summed E-state index contributed by atoms with van der Waals surface area (Å²) in [6.45, 7) is 1.67. The number of rotatable bonds is 8. The third-order valence-corrected chi connectivity index (χ3v) is 6.52. The minimum absolute atomic E-state index is 0.317. The molecule has 0 aliphatic carbocycles. The van der Waals surface area contributed by atoms with Gasteiger partial charge in [0, 0.05) is 25.4 Å². The largest absolute Gasteiger partial charge is 0.327 e. The molecule has 0 bridgehead atoms. The number of halogens is 2. The zero-order valence-corrected chi connectivity index (χ0v) is 17.6. The summed E-state index contributed by atoms with van der Waals surface area (Å²) < 4.78 is 11.1. The maximum Gasteiger partial charge on any atom is 0.327 e. The third-order valence-electron chi connectivity index (χ3n) is 3.82. The Hall–Kier alpha value is -0.520. The Bertz CT molecular complexity index is 811. The molecule has 8 heteroatoms. The molecule has 0 aromatic heterocycles. The maximum atomic E-state index is 11.1. The quantitative estimate of drug-likeness (QED) is 0.487. The summed E-state index contributed by atoms with van der Waals surface area (Å²) in [5.41, 5.74) is 6.09. The molecular weight excluding hydrogens is 412 g/mol. The topological polar surface area (TPSA) is 83.6 Å². The van der Waals surface area contributed by atoms with Gasteiger partial charge >= 0.3 is 7.60 Å². The molecule has 26 heavy (non-hydrogen) atoms. The smallest absolute Gasteiger partial charge is 0.325 e. The van der Waals surface area contributed by atoms with E-state index in [1.54, 1.807) is 18.7 Å². The van der Waals surface area contributed by atoms with Crippen LogP contribution in [0.2, 0.25) is 10.0 Å². The van der Waals surface area contributed by atoms with E-state index in [1.165, 1.54) is 0 Å². The Labute approximate surface area is 168 Å². The van der Waals surface area contributed by atoms with E-state index < -0.39 is 13.1 Å². The van der Waals surface area contributed by atoms with Crippen molar-refractivity contribution in [3.63, 3.8) is 0 Å². The van der Waals surface area contributed by atoms with Crippen LogP contribution in [0.4, 0.5) is 0 Å². The van der Waals surface area contributed by atoms with Crippen LogP contribution in [0, 0.1) is 0 Å². The molecule has 2 rings (SSSR count). The molecule has 142 valence electrons. The van der Waals surface area contributed by atoms with Crippen LogP contribution in [0.3, 0.4) is 0 Å². The van der Waals surface area contributed by atoms with Crippen LogP contribution in [-0.2, 0) is 11.0 Å². The number of hydrogen-bond donors (Lipinski definition) is 3. The van der Waals surface area contributed by atoms with E-state index in [0.717, 1.165) is 15.4 Å². The van der Waals surface area contributed by atoms with Crippen molar-refractivity contribution in [2.24, 2.45) is 5.73 Å². The molecule has 0 aliphatic heterocycles. The molecule has 0 fully saturated rings. The molecule has 4 nitrogen and oxygen atoms in total. The molecule has 0 saturated carbocycles. The first kappa shape index (κ1) is 21.8. The molecule has 4 N–H and O–H groups in total. The summed E-state index contributed by atoms with van der Waals surface area (Å²) in [6.07, 6.45) is 1.60. The fraction of sp³-hybridized carbons (Fsp3) is 0.333. The van der Waals surface area contributed by atoms with Crippen LogP contribution in [0.1, 0.15) is 25.3 Å². The monoisotopic (exact) mass is 433 g/mol. The van der Waals surface area contributed by atoms with Crippen molar-refractivity contribution in [2.75, 3.05) is 6.16 Å². The van der Waals surface area contributed by atoms with Crippen LogP contribution in [-0.4, -0.2) is 21.5 Å². The van der Waals surface area contributed by atoms with Gasteiger partial charge in [-0.1, -0.05) is 47.1 Å². The zero-order valence-electron chi connectivity index (χ0n) is 14.4.